The lowest BCUT2D eigenvalue weighted by molar-refractivity contribution is 0.301. The summed E-state index contributed by atoms with van der Waals surface area (Å²) in [5.74, 6) is 1.96. The number of hydrogen-bond acceptors (Lipinski definition) is 5. The Labute approximate surface area is 172 Å². The minimum absolute atomic E-state index is 0.128. The lowest BCUT2D eigenvalue weighted by Crippen LogP contribution is -2.31. The second-order valence-corrected chi connectivity index (χ2v) is 7.80. The first-order chi connectivity index (χ1) is 14.1. The van der Waals surface area contributed by atoms with E-state index in [1.54, 1.807) is 7.11 Å². The molecule has 1 aliphatic carbocycles. The van der Waals surface area contributed by atoms with E-state index in [9.17, 15) is 5.11 Å². The molecule has 0 saturated carbocycles. The molecule has 0 amide bonds. The number of nitrogens with zero attached hydrogens (tertiary/aromatic N) is 4. The summed E-state index contributed by atoms with van der Waals surface area (Å²) < 4.78 is 7.40. The fourth-order valence-electron chi connectivity index (χ4n) is 4.51. The largest absolute Gasteiger partial charge is 0.497 e. The highest BCUT2D eigenvalue weighted by atomic mass is 16.5. The number of aliphatic hydroxyl groups is 1. The van der Waals surface area contributed by atoms with Gasteiger partial charge in [0.1, 0.15) is 11.6 Å². The van der Waals surface area contributed by atoms with Gasteiger partial charge >= 0.3 is 0 Å². The van der Waals surface area contributed by atoms with E-state index in [4.69, 9.17) is 14.8 Å². The van der Waals surface area contributed by atoms with Gasteiger partial charge in [0.25, 0.3) is 0 Å². The molecule has 0 radical (unpaired) electrons. The summed E-state index contributed by atoms with van der Waals surface area (Å²) in [5.41, 5.74) is 7.72. The van der Waals surface area contributed by atoms with Gasteiger partial charge in [0.05, 0.1) is 19.4 Å². The summed E-state index contributed by atoms with van der Waals surface area (Å²) in [4.78, 5) is 7.35. The van der Waals surface area contributed by atoms with Crippen LogP contribution in [0.2, 0.25) is 0 Å². The second-order valence-electron chi connectivity index (χ2n) is 7.80. The molecule has 0 spiro atoms. The summed E-state index contributed by atoms with van der Waals surface area (Å²) in [7, 11) is 1.69. The van der Waals surface area contributed by atoms with Gasteiger partial charge in [0.15, 0.2) is 5.65 Å². The zero-order chi connectivity index (χ0) is 20.5. The maximum Gasteiger partial charge on any atom is 0.165 e. The standard InChI is InChI=1S/C23H30N4O2/c1-5-11-26(12-13-28)23-19-7-6-8-20(19)24-22-21(16(3)25-27(22)23)18-10-9-17(29-4)14-15(18)2/h9-10,14,28H,5-8,11-13H2,1-4H3. The molecule has 29 heavy (non-hydrogen) atoms. The van der Waals surface area contributed by atoms with E-state index in [0.29, 0.717) is 6.54 Å². The fraction of sp³-hybridized carbons (Fsp3) is 0.478. The van der Waals surface area contributed by atoms with Gasteiger partial charge in [-0.15, -0.1) is 0 Å². The van der Waals surface area contributed by atoms with Gasteiger partial charge in [0, 0.05) is 29.9 Å². The third-order valence-electron chi connectivity index (χ3n) is 5.80. The van der Waals surface area contributed by atoms with E-state index in [2.05, 4.69) is 37.8 Å². The predicted octanol–water partition coefficient (Wildman–Crippen LogP) is 3.72. The van der Waals surface area contributed by atoms with E-state index in [1.807, 2.05) is 10.6 Å². The minimum Gasteiger partial charge on any atom is -0.497 e. The number of aliphatic hydroxyl groups excluding tert-OH is 1. The van der Waals surface area contributed by atoms with Crippen molar-refractivity contribution in [2.45, 2.75) is 46.5 Å². The quantitative estimate of drug-likeness (QED) is 0.662. The van der Waals surface area contributed by atoms with Crippen LogP contribution in [-0.4, -0.2) is 46.5 Å². The normalized spacial score (nSPS) is 13.1. The number of rotatable bonds is 7. The Bertz CT molecular complexity index is 1040. The minimum atomic E-state index is 0.128. The molecule has 3 aromatic rings. The number of ether oxygens (including phenoxy) is 1. The lowest BCUT2D eigenvalue weighted by atomic mass is 10.0. The molecule has 0 saturated heterocycles. The van der Waals surface area contributed by atoms with Crippen molar-refractivity contribution in [1.29, 1.82) is 0 Å². The average Bonchev–Trinajstić information content (AvgIpc) is 3.29. The Morgan fingerprint density at radius 2 is 2.03 bits per heavy atom. The molecule has 6 heteroatoms. The second kappa shape index (κ2) is 8.03. The molecule has 0 aliphatic heterocycles. The summed E-state index contributed by atoms with van der Waals surface area (Å²) in [6, 6.07) is 6.15. The zero-order valence-corrected chi connectivity index (χ0v) is 17.8. The number of aromatic nitrogens is 3. The van der Waals surface area contributed by atoms with Crippen molar-refractivity contribution in [3.05, 3.63) is 40.7 Å². The van der Waals surface area contributed by atoms with E-state index in [-0.39, 0.29) is 6.61 Å². The van der Waals surface area contributed by atoms with Crippen LogP contribution in [0.5, 0.6) is 5.75 Å². The smallest absolute Gasteiger partial charge is 0.165 e. The highest BCUT2D eigenvalue weighted by Crippen LogP contribution is 2.37. The van der Waals surface area contributed by atoms with Gasteiger partial charge in [0.2, 0.25) is 0 Å². The van der Waals surface area contributed by atoms with Crippen LogP contribution in [0.25, 0.3) is 16.8 Å². The van der Waals surface area contributed by atoms with E-state index in [0.717, 1.165) is 71.8 Å². The molecule has 154 valence electrons. The Kier molecular flexibility index (Phi) is 5.46. The van der Waals surface area contributed by atoms with Gasteiger partial charge in [-0.3, -0.25) is 0 Å². The van der Waals surface area contributed by atoms with Gasteiger partial charge in [-0.05, 0) is 62.8 Å². The third-order valence-corrected chi connectivity index (χ3v) is 5.80. The first-order valence-corrected chi connectivity index (χ1v) is 10.5. The molecule has 1 aromatic carbocycles. The topological polar surface area (TPSA) is 62.9 Å². The molecule has 2 aromatic heterocycles. The van der Waals surface area contributed by atoms with Crippen LogP contribution in [0.4, 0.5) is 5.82 Å². The maximum atomic E-state index is 9.67. The first-order valence-electron chi connectivity index (χ1n) is 10.5. The van der Waals surface area contributed by atoms with Gasteiger partial charge < -0.3 is 14.7 Å². The molecule has 6 nitrogen and oxygen atoms in total. The van der Waals surface area contributed by atoms with Crippen molar-refractivity contribution >= 4 is 11.5 Å². The van der Waals surface area contributed by atoms with Gasteiger partial charge in [-0.1, -0.05) is 13.0 Å². The van der Waals surface area contributed by atoms with Crippen molar-refractivity contribution < 1.29 is 9.84 Å². The maximum absolute atomic E-state index is 9.67. The third kappa shape index (κ3) is 3.35. The molecule has 0 bridgehead atoms. The summed E-state index contributed by atoms with van der Waals surface area (Å²) in [6.07, 6.45) is 4.17. The molecule has 4 rings (SSSR count). The predicted molar refractivity (Wildman–Crippen MR) is 116 cm³/mol. The summed E-state index contributed by atoms with van der Waals surface area (Å²) in [6.45, 7) is 7.95. The Balaban J connectivity index is 1.98. The molecule has 2 heterocycles. The number of fused-ring (bicyclic) bond motifs is 2. The lowest BCUT2D eigenvalue weighted by Gasteiger charge is -2.26. The van der Waals surface area contributed by atoms with Gasteiger partial charge in [-0.25, -0.2) is 4.98 Å². The Morgan fingerprint density at radius 3 is 2.72 bits per heavy atom. The van der Waals surface area contributed by atoms with E-state index < -0.39 is 0 Å². The van der Waals surface area contributed by atoms with Gasteiger partial charge in [-0.2, -0.15) is 9.61 Å². The van der Waals surface area contributed by atoms with Crippen molar-refractivity contribution in [3.8, 4) is 16.9 Å². The summed E-state index contributed by atoms with van der Waals surface area (Å²) >= 11 is 0. The van der Waals surface area contributed by atoms with Crippen LogP contribution in [0.15, 0.2) is 18.2 Å². The molecular formula is C23H30N4O2. The molecule has 0 unspecified atom stereocenters. The SMILES string of the molecule is CCCN(CCO)c1c2c(nc3c(-c4ccc(OC)cc4C)c(C)nn13)CCC2. The molecule has 1 N–H and O–H groups in total. The van der Waals surface area contributed by atoms with Crippen LogP contribution in [-0.2, 0) is 12.8 Å². The highest BCUT2D eigenvalue weighted by Gasteiger charge is 2.27. The average molecular weight is 395 g/mol. The number of benzene rings is 1. The van der Waals surface area contributed by atoms with Crippen LogP contribution in [0, 0.1) is 13.8 Å². The van der Waals surface area contributed by atoms with E-state index in [1.165, 1.54) is 11.3 Å². The Hall–Kier alpha value is -2.60. The number of aryl methyl sites for hydroxylation is 3. The fourth-order valence-corrected chi connectivity index (χ4v) is 4.51. The number of anilines is 1. The summed E-state index contributed by atoms with van der Waals surface area (Å²) in [5, 5.41) is 14.6. The van der Waals surface area contributed by atoms with Crippen molar-refractivity contribution in [2.24, 2.45) is 0 Å². The van der Waals surface area contributed by atoms with Crippen molar-refractivity contribution in [3.63, 3.8) is 0 Å². The number of methoxy groups -OCH3 is 1. The molecule has 1 aliphatic rings. The van der Waals surface area contributed by atoms with Crippen molar-refractivity contribution in [1.82, 2.24) is 14.6 Å². The van der Waals surface area contributed by atoms with Crippen LogP contribution >= 0.6 is 0 Å². The molecule has 0 atom stereocenters. The van der Waals surface area contributed by atoms with E-state index >= 15 is 0 Å². The van der Waals surface area contributed by atoms with Crippen LogP contribution in [0.1, 0.15) is 42.3 Å². The Morgan fingerprint density at radius 1 is 1.21 bits per heavy atom. The number of hydrogen-bond donors (Lipinski definition) is 1. The first kappa shape index (κ1) is 19.7. The van der Waals surface area contributed by atoms with Crippen LogP contribution in [0.3, 0.4) is 0 Å². The monoisotopic (exact) mass is 394 g/mol. The molecule has 0 fully saturated rings. The zero-order valence-electron chi connectivity index (χ0n) is 17.8. The van der Waals surface area contributed by atoms with Crippen LogP contribution < -0.4 is 9.64 Å². The molecular weight excluding hydrogens is 364 g/mol. The van der Waals surface area contributed by atoms with Crippen molar-refractivity contribution in [2.75, 3.05) is 31.7 Å². The highest BCUT2D eigenvalue weighted by molar-refractivity contribution is 5.83.